The minimum atomic E-state index is -3.77. The Hall–Kier alpha value is -1.96. The van der Waals surface area contributed by atoms with E-state index in [0.717, 1.165) is 27.4 Å². The molecule has 0 saturated carbocycles. The van der Waals surface area contributed by atoms with E-state index in [0.29, 0.717) is 0 Å². The van der Waals surface area contributed by atoms with Gasteiger partial charge in [0, 0.05) is 10.0 Å². The smallest absolute Gasteiger partial charge is 0.244 e. The lowest BCUT2D eigenvalue weighted by molar-refractivity contribution is -0.122. The normalized spacial score (nSPS) is 12.3. The minimum absolute atomic E-state index is 0.233. The second-order valence-electron chi connectivity index (χ2n) is 7.02. The van der Waals surface area contributed by atoms with Crippen LogP contribution >= 0.6 is 23.2 Å². The second kappa shape index (κ2) is 10.4. The molecule has 0 unspecified atom stereocenters. The molecule has 1 N–H and O–H groups in total. The molecular weight excluding hydrogens is 447 g/mol. The molecule has 0 heterocycles. The number of nitrogens with zero attached hydrogens (tertiary/aromatic N) is 1. The molecule has 0 spiro atoms. The van der Waals surface area contributed by atoms with E-state index in [1.165, 1.54) is 18.2 Å². The van der Waals surface area contributed by atoms with Gasteiger partial charge in [-0.05, 0) is 55.7 Å². The number of anilines is 1. The highest BCUT2D eigenvalue weighted by Gasteiger charge is 2.31. The lowest BCUT2D eigenvalue weighted by Crippen LogP contribution is -2.50. The van der Waals surface area contributed by atoms with Crippen LogP contribution in [0.2, 0.25) is 10.0 Å². The van der Waals surface area contributed by atoms with Crippen LogP contribution in [0.1, 0.15) is 24.5 Å². The molecule has 2 aromatic rings. The Kier molecular flexibility index (Phi) is 8.41. The molecule has 6 nitrogen and oxygen atoms in total. The van der Waals surface area contributed by atoms with Crippen LogP contribution in [-0.2, 0) is 14.8 Å². The summed E-state index contributed by atoms with van der Waals surface area (Å²) in [6.45, 7) is 6.15. The highest BCUT2D eigenvalue weighted by Crippen LogP contribution is 2.29. The van der Waals surface area contributed by atoms with Gasteiger partial charge in [-0.25, -0.2) is 8.42 Å². The maximum atomic E-state index is 12.8. The number of nitrogens with one attached hydrogen (secondary N) is 1. The molecule has 2 aromatic carbocycles. The van der Waals surface area contributed by atoms with E-state index in [1.807, 2.05) is 32.0 Å². The number of benzene rings is 2. The van der Waals surface area contributed by atoms with Gasteiger partial charge in [0.25, 0.3) is 0 Å². The number of carbonyl (C=O) groups excluding carboxylic acids is 1. The summed E-state index contributed by atoms with van der Waals surface area (Å²) in [7, 11) is -3.77. The predicted octanol–water partition coefficient (Wildman–Crippen LogP) is 4.35. The van der Waals surface area contributed by atoms with Gasteiger partial charge < -0.3 is 10.1 Å². The molecular formula is C21H26Cl2N2O4S. The third-order valence-corrected chi connectivity index (χ3v) is 6.05. The van der Waals surface area contributed by atoms with Crippen LogP contribution in [0.3, 0.4) is 0 Å². The Labute approximate surface area is 188 Å². The lowest BCUT2D eigenvalue weighted by Gasteiger charge is -2.30. The van der Waals surface area contributed by atoms with Crippen molar-refractivity contribution in [2.75, 3.05) is 23.7 Å². The zero-order chi connectivity index (χ0) is 22.5. The number of sulfonamides is 1. The minimum Gasteiger partial charge on any atom is -0.491 e. The molecule has 0 bridgehead atoms. The first kappa shape index (κ1) is 24.3. The number of hydrogen-bond acceptors (Lipinski definition) is 4. The maximum Gasteiger partial charge on any atom is 0.244 e. The van der Waals surface area contributed by atoms with Crippen LogP contribution in [0.15, 0.2) is 36.4 Å². The molecule has 0 aliphatic heterocycles. The van der Waals surface area contributed by atoms with E-state index in [4.69, 9.17) is 27.9 Å². The molecule has 1 atom stereocenters. The van der Waals surface area contributed by atoms with Crippen molar-refractivity contribution < 1.29 is 17.9 Å². The van der Waals surface area contributed by atoms with E-state index in [9.17, 15) is 13.2 Å². The molecule has 2 rings (SSSR count). The fourth-order valence-electron chi connectivity index (χ4n) is 3.04. The second-order valence-corrected chi connectivity index (χ2v) is 9.75. The molecule has 30 heavy (non-hydrogen) atoms. The van der Waals surface area contributed by atoms with E-state index in [-0.39, 0.29) is 35.3 Å². The number of rotatable bonds is 9. The zero-order valence-corrected chi connectivity index (χ0v) is 19.7. The molecule has 0 aliphatic carbocycles. The highest BCUT2D eigenvalue weighted by molar-refractivity contribution is 7.92. The summed E-state index contributed by atoms with van der Waals surface area (Å²) in [5, 5.41) is 3.32. The molecule has 0 aliphatic rings. The van der Waals surface area contributed by atoms with Crippen LogP contribution in [0.25, 0.3) is 0 Å². The molecule has 0 radical (unpaired) electrons. The lowest BCUT2D eigenvalue weighted by atomic mass is 10.1. The average molecular weight is 473 g/mol. The first-order valence-electron chi connectivity index (χ1n) is 9.46. The van der Waals surface area contributed by atoms with Crippen molar-refractivity contribution in [3.63, 3.8) is 0 Å². The fourth-order valence-corrected chi connectivity index (χ4v) is 4.75. The number of aryl methyl sites for hydroxylation is 2. The first-order valence-corrected chi connectivity index (χ1v) is 12.1. The summed E-state index contributed by atoms with van der Waals surface area (Å²) in [5.41, 5.74) is 2.32. The van der Waals surface area contributed by atoms with Crippen molar-refractivity contribution in [2.45, 2.75) is 33.2 Å². The molecule has 1 amide bonds. The van der Waals surface area contributed by atoms with Crippen molar-refractivity contribution in [1.29, 1.82) is 0 Å². The van der Waals surface area contributed by atoms with Gasteiger partial charge in [0.05, 0.1) is 18.5 Å². The van der Waals surface area contributed by atoms with Gasteiger partial charge in [-0.15, -0.1) is 0 Å². The fraction of sp³-hybridized carbons (Fsp3) is 0.381. The number of hydrogen-bond donors (Lipinski definition) is 1. The SMILES string of the molecule is CC[C@H](C(=O)NCCOc1cc(C)ccc1C)N(c1cc(Cl)cc(Cl)c1)S(C)(=O)=O. The number of carbonyl (C=O) groups is 1. The van der Waals surface area contributed by atoms with Crippen molar-refractivity contribution >= 4 is 44.8 Å². The molecule has 164 valence electrons. The van der Waals surface area contributed by atoms with Gasteiger partial charge >= 0.3 is 0 Å². The Morgan fingerprint density at radius 3 is 2.33 bits per heavy atom. The monoisotopic (exact) mass is 472 g/mol. The Morgan fingerprint density at radius 1 is 1.13 bits per heavy atom. The van der Waals surface area contributed by atoms with Crippen LogP contribution in [0.5, 0.6) is 5.75 Å². The molecule has 0 fully saturated rings. The van der Waals surface area contributed by atoms with Crippen molar-refractivity contribution in [2.24, 2.45) is 0 Å². The first-order chi connectivity index (χ1) is 14.0. The topological polar surface area (TPSA) is 75.7 Å². The quantitative estimate of drug-likeness (QED) is 0.550. The summed E-state index contributed by atoms with van der Waals surface area (Å²) in [6, 6.07) is 9.38. The van der Waals surface area contributed by atoms with Crippen molar-refractivity contribution in [1.82, 2.24) is 5.32 Å². The Balaban J connectivity index is 2.11. The largest absolute Gasteiger partial charge is 0.491 e. The summed E-state index contributed by atoms with van der Waals surface area (Å²) >= 11 is 12.1. The van der Waals surface area contributed by atoms with E-state index >= 15 is 0 Å². The van der Waals surface area contributed by atoms with E-state index < -0.39 is 22.0 Å². The summed E-state index contributed by atoms with van der Waals surface area (Å²) in [6.07, 6.45) is 1.31. The van der Waals surface area contributed by atoms with Gasteiger partial charge in [-0.2, -0.15) is 0 Å². The summed E-state index contributed by atoms with van der Waals surface area (Å²) in [5.74, 6) is 0.325. The maximum absolute atomic E-state index is 12.8. The van der Waals surface area contributed by atoms with E-state index in [2.05, 4.69) is 5.32 Å². The molecule has 9 heteroatoms. The van der Waals surface area contributed by atoms with Crippen molar-refractivity contribution in [3.8, 4) is 5.75 Å². The van der Waals surface area contributed by atoms with Crippen LogP contribution in [0, 0.1) is 13.8 Å². The van der Waals surface area contributed by atoms with Crippen LogP contribution in [0.4, 0.5) is 5.69 Å². The Bertz CT molecular complexity index is 992. The molecule has 0 saturated heterocycles. The standard InChI is InChI=1S/C21H26Cl2N2O4S/c1-5-19(25(30(4,27)28)18-12-16(22)11-17(23)13-18)21(26)24-8-9-29-20-10-14(2)6-7-15(20)3/h6-7,10-13,19H,5,8-9H2,1-4H3,(H,24,26)/t19-/m1/s1. The third-order valence-electron chi connectivity index (χ3n) is 4.43. The zero-order valence-electron chi connectivity index (χ0n) is 17.4. The number of halogens is 2. The predicted molar refractivity (Wildman–Crippen MR) is 122 cm³/mol. The van der Waals surface area contributed by atoms with Gasteiger partial charge in [-0.1, -0.05) is 42.3 Å². The van der Waals surface area contributed by atoms with Gasteiger partial charge in [-0.3, -0.25) is 9.10 Å². The average Bonchev–Trinajstić information content (AvgIpc) is 2.63. The summed E-state index contributed by atoms with van der Waals surface area (Å²) in [4.78, 5) is 12.8. The van der Waals surface area contributed by atoms with E-state index in [1.54, 1.807) is 6.92 Å². The Morgan fingerprint density at radius 2 is 1.77 bits per heavy atom. The molecule has 0 aromatic heterocycles. The number of amides is 1. The van der Waals surface area contributed by atoms with Crippen molar-refractivity contribution in [3.05, 3.63) is 57.6 Å². The summed E-state index contributed by atoms with van der Waals surface area (Å²) < 4.78 is 31.7. The van der Waals surface area contributed by atoms with Gasteiger partial charge in [0.2, 0.25) is 15.9 Å². The van der Waals surface area contributed by atoms with Crippen LogP contribution in [-0.4, -0.2) is 39.8 Å². The highest BCUT2D eigenvalue weighted by atomic mass is 35.5. The van der Waals surface area contributed by atoms with Gasteiger partial charge in [0.1, 0.15) is 18.4 Å². The third kappa shape index (κ3) is 6.52. The van der Waals surface area contributed by atoms with Crippen LogP contribution < -0.4 is 14.4 Å². The number of ether oxygens (including phenoxy) is 1. The van der Waals surface area contributed by atoms with Gasteiger partial charge in [0.15, 0.2) is 0 Å².